The van der Waals surface area contributed by atoms with Gasteiger partial charge in [-0.1, -0.05) is 0 Å². The van der Waals surface area contributed by atoms with Crippen LogP contribution in [0.2, 0.25) is 0 Å². The zero-order valence-electron chi connectivity index (χ0n) is 14.1. The average molecular weight is 442 g/mol. The summed E-state index contributed by atoms with van der Waals surface area (Å²) in [6.45, 7) is 3.07. The fourth-order valence-corrected chi connectivity index (χ4v) is 1.81. The van der Waals surface area contributed by atoms with Crippen LogP contribution in [0.3, 0.4) is 0 Å². The van der Waals surface area contributed by atoms with Crippen LogP contribution >= 0.6 is 24.0 Å². The standard InChI is InChI=1S/C17H22N4O2.HI/c1-4-22-14-5-7-15(8-6-14)23-16-11-13(9-10-19-16)12-20-17(18)21(2)3;/h5-11H,4,12H2,1-3H3,(H2,18,20);1H. The van der Waals surface area contributed by atoms with Gasteiger partial charge in [0.1, 0.15) is 11.5 Å². The van der Waals surface area contributed by atoms with E-state index in [1.54, 1.807) is 11.1 Å². The lowest BCUT2D eigenvalue weighted by Gasteiger charge is -2.10. The molecule has 0 aliphatic carbocycles. The van der Waals surface area contributed by atoms with E-state index in [2.05, 4.69) is 9.98 Å². The molecule has 0 aliphatic rings. The fraction of sp³-hybridized carbons (Fsp3) is 0.294. The molecule has 0 radical (unpaired) electrons. The SMILES string of the molecule is CCOc1ccc(Oc2cc(CN=C(N)N(C)C)ccn2)cc1.I. The number of aromatic nitrogens is 1. The predicted octanol–water partition coefficient (Wildman–Crippen LogP) is 3.27. The van der Waals surface area contributed by atoms with Crippen molar-refractivity contribution in [3.05, 3.63) is 48.2 Å². The summed E-state index contributed by atoms with van der Waals surface area (Å²) >= 11 is 0. The van der Waals surface area contributed by atoms with Crippen molar-refractivity contribution in [3.63, 3.8) is 0 Å². The Balaban J connectivity index is 0.00000288. The van der Waals surface area contributed by atoms with E-state index in [0.29, 0.717) is 30.7 Å². The van der Waals surface area contributed by atoms with Gasteiger partial charge < -0.3 is 20.1 Å². The van der Waals surface area contributed by atoms with Crippen molar-refractivity contribution in [2.45, 2.75) is 13.5 Å². The molecule has 1 heterocycles. The molecule has 0 bridgehead atoms. The first-order valence-corrected chi connectivity index (χ1v) is 7.41. The lowest BCUT2D eigenvalue weighted by Crippen LogP contribution is -2.30. The Labute approximate surface area is 159 Å². The highest BCUT2D eigenvalue weighted by atomic mass is 127. The Morgan fingerprint density at radius 3 is 2.46 bits per heavy atom. The second-order valence-corrected chi connectivity index (χ2v) is 5.08. The second kappa shape index (κ2) is 9.96. The van der Waals surface area contributed by atoms with Crippen molar-refractivity contribution in [2.75, 3.05) is 20.7 Å². The molecule has 130 valence electrons. The van der Waals surface area contributed by atoms with Crippen molar-refractivity contribution in [2.24, 2.45) is 10.7 Å². The maximum Gasteiger partial charge on any atom is 0.219 e. The minimum Gasteiger partial charge on any atom is -0.494 e. The summed E-state index contributed by atoms with van der Waals surface area (Å²) in [6.07, 6.45) is 1.70. The first-order valence-electron chi connectivity index (χ1n) is 7.41. The third-order valence-electron chi connectivity index (χ3n) is 3.04. The highest BCUT2D eigenvalue weighted by Gasteiger charge is 2.02. The van der Waals surface area contributed by atoms with Crippen LogP contribution in [-0.4, -0.2) is 36.5 Å². The molecule has 2 aromatic rings. The topological polar surface area (TPSA) is 73.0 Å². The van der Waals surface area contributed by atoms with Crippen LogP contribution in [0.1, 0.15) is 12.5 Å². The summed E-state index contributed by atoms with van der Waals surface area (Å²) < 4.78 is 11.2. The van der Waals surface area contributed by atoms with Gasteiger partial charge in [-0.3, -0.25) is 0 Å². The van der Waals surface area contributed by atoms with Crippen LogP contribution in [0.4, 0.5) is 0 Å². The number of halogens is 1. The van der Waals surface area contributed by atoms with Gasteiger partial charge in [-0.2, -0.15) is 0 Å². The van der Waals surface area contributed by atoms with Crippen molar-refractivity contribution in [1.29, 1.82) is 0 Å². The molecule has 1 aromatic carbocycles. The number of aliphatic imine (C=N–C) groups is 1. The van der Waals surface area contributed by atoms with Crippen LogP contribution in [0.25, 0.3) is 0 Å². The minimum absolute atomic E-state index is 0. The van der Waals surface area contributed by atoms with Crippen LogP contribution in [0.15, 0.2) is 47.6 Å². The highest BCUT2D eigenvalue weighted by Crippen LogP contribution is 2.23. The quantitative estimate of drug-likeness (QED) is 0.423. The molecule has 24 heavy (non-hydrogen) atoms. The van der Waals surface area contributed by atoms with Gasteiger partial charge >= 0.3 is 0 Å². The zero-order valence-corrected chi connectivity index (χ0v) is 16.4. The summed E-state index contributed by atoms with van der Waals surface area (Å²) in [5, 5.41) is 0. The molecule has 6 nitrogen and oxygen atoms in total. The average Bonchev–Trinajstić information content (AvgIpc) is 2.55. The zero-order chi connectivity index (χ0) is 16.7. The summed E-state index contributed by atoms with van der Waals surface area (Å²) in [6, 6.07) is 11.2. The molecule has 7 heteroatoms. The van der Waals surface area contributed by atoms with E-state index in [9.17, 15) is 0 Å². The third-order valence-corrected chi connectivity index (χ3v) is 3.04. The van der Waals surface area contributed by atoms with Crippen molar-refractivity contribution < 1.29 is 9.47 Å². The Kier molecular flexibility index (Phi) is 8.31. The molecule has 0 amide bonds. The van der Waals surface area contributed by atoms with Gasteiger partial charge in [0.2, 0.25) is 5.88 Å². The molecule has 0 atom stereocenters. The predicted molar refractivity (Wildman–Crippen MR) is 106 cm³/mol. The molecule has 1 aromatic heterocycles. The highest BCUT2D eigenvalue weighted by molar-refractivity contribution is 14.0. The maximum absolute atomic E-state index is 5.78. The Morgan fingerprint density at radius 2 is 1.83 bits per heavy atom. The number of hydrogen-bond acceptors (Lipinski definition) is 4. The van der Waals surface area contributed by atoms with Crippen LogP contribution < -0.4 is 15.2 Å². The number of hydrogen-bond donors (Lipinski definition) is 1. The Hall–Kier alpha value is -2.03. The molecule has 0 saturated heterocycles. The molecule has 0 saturated carbocycles. The number of rotatable bonds is 6. The largest absolute Gasteiger partial charge is 0.494 e. The second-order valence-electron chi connectivity index (χ2n) is 5.08. The number of nitrogens with two attached hydrogens (primary N) is 1. The number of guanidine groups is 1. The summed E-state index contributed by atoms with van der Waals surface area (Å²) in [4.78, 5) is 10.3. The summed E-state index contributed by atoms with van der Waals surface area (Å²) in [5.41, 5.74) is 6.76. The molecule has 0 fully saturated rings. The van der Waals surface area contributed by atoms with Gasteiger partial charge in [0.05, 0.1) is 13.2 Å². The lowest BCUT2D eigenvalue weighted by molar-refractivity contribution is 0.339. The van der Waals surface area contributed by atoms with Gasteiger partial charge in [-0.25, -0.2) is 9.98 Å². The van der Waals surface area contributed by atoms with E-state index >= 15 is 0 Å². The van der Waals surface area contributed by atoms with Gasteiger partial charge in [0.15, 0.2) is 5.96 Å². The van der Waals surface area contributed by atoms with Crippen LogP contribution in [0.5, 0.6) is 17.4 Å². The van der Waals surface area contributed by atoms with Crippen LogP contribution in [-0.2, 0) is 6.54 Å². The third kappa shape index (κ3) is 6.23. The molecular formula is C17H23IN4O2. The Morgan fingerprint density at radius 1 is 1.17 bits per heavy atom. The summed E-state index contributed by atoms with van der Waals surface area (Å²) in [5.74, 6) is 2.52. The van der Waals surface area contributed by atoms with E-state index in [4.69, 9.17) is 15.2 Å². The van der Waals surface area contributed by atoms with Gasteiger partial charge in [0.25, 0.3) is 0 Å². The molecule has 0 spiro atoms. The van der Waals surface area contributed by atoms with Gasteiger partial charge in [-0.05, 0) is 42.8 Å². The number of ether oxygens (including phenoxy) is 2. The van der Waals surface area contributed by atoms with Crippen LogP contribution in [0, 0.1) is 0 Å². The molecule has 2 rings (SSSR count). The van der Waals surface area contributed by atoms with Gasteiger partial charge in [0, 0.05) is 26.4 Å². The smallest absolute Gasteiger partial charge is 0.219 e. The molecule has 0 unspecified atom stereocenters. The first kappa shape index (κ1) is 20.0. The summed E-state index contributed by atoms with van der Waals surface area (Å²) in [7, 11) is 3.71. The molecule has 0 aliphatic heterocycles. The van der Waals surface area contributed by atoms with E-state index < -0.39 is 0 Å². The molecular weight excluding hydrogens is 419 g/mol. The monoisotopic (exact) mass is 442 g/mol. The lowest BCUT2D eigenvalue weighted by atomic mass is 10.2. The van der Waals surface area contributed by atoms with E-state index in [-0.39, 0.29) is 24.0 Å². The van der Waals surface area contributed by atoms with E-state index in [1.165, 1.54) is 0 Å². The first-order chi connectivity index (χ1) is 11.1. The van der Waals surface area contributed by atoms with Crippen molar-refractivity contribution in [3.8, 4) is 17.4 Å². The molecule has 2 N–H and O–H groups in total. The Bertz CT molecular complexity index is 660. The number of nitrogens with zero attached hydrogens (tertiary/aromatic N) is 3. The maximum atomic E-state index is 5.78. The van der Waals surface area contributed by atoms with Gasteiger partial charge in [-0.15, -0.1) is 24.0 Å². The fourth-order valence-electron chi connectivity index (χ4n) is 1.81. The number of benzene rings is 1. The van der Waals surface area contributed by atoms with Crippen molar-refractivity contribution >= 4 is 29.9 Å². The van der Waals surface area contributed by atoms with Crippen molar-refractivity contribution in [1.82, 2.24) is 9.88 Å². The van der Waals surface area contributed by atoms with E-state index in [1.807, 2.05) is 57.4 Å². The minimum atomic E-state index is 0. The number of pyridine rings is 1. The van der Waals surface area contributed by atoms with E-state index in [0.717, 1.165) is 11.3 Å². The normalized spacial score (nSPS) is 10.7.